The Morgan fingerprint density at radius 2 is 0.915 bits per heavy atom. The molecule has 0 radical (unpaired) electrons. The fourth-order valence-corrected chi connectivity index (χ4v) is 9.96. The van der Waals surface area contributed by atoms with Crippen molar-refractivity contribution < 1.29 is 5.11 Å². The first-order chi connectivity index (χ1) is 34.5. The molecule has 4 nitrogen and oxygen atoms in total. The van der Waals surface area contributed by atoms with Crippen LogP contribution < -0.4 is 0 Å². The fraction of sp³-hybridized carbons (Fsp3) is 0.104. The largest absolute Gasteiger partial charge is 0.507 e. The number of aromatic nitrogens is 3. The van der Waals surface area contributed by atoms with Crippen LogP contribution in [0.25, 0.3) is 95.0 Å². The third-order valence-corrected chi connectivity index (χ3v) is 14.1. The molecular weight excluding hydrogens is 863 g/mol. The molecule has 0 bridgehead atoms. The molecular formula is C67H55N3O. The molecule has 2 heterocycles. The Morgan fingerprint density at radius 1 is 0.380 bits per heavy atom. The Hall–Kier alpha value is -8.60. The molecule has 2 aromatic heterocycles. The highest BCUT2D eigenvalue weighted by atomic mass is 16.3. The molecule has 0 atom stereocenters. The molecule has 11 rings (SSSR count). The molecule has 11 aromatic rings. The van der Waals surface area contributed by atoms with E-state index in [-0.39, 0.29) is 16.6 Å². The van der Waals surface area contributed by atoms with Crippen LogP contribution in [0, 0.1) is 0 Å². The summed E-state index contributed by atoms with van der Waals surface area (Å²) in [5.74, 6) is 0.844. The highest BCUT2D eigenvalue weighted by Gasteiger charge is 2.27. The highest BCUT2D eigenvalue weighted by Crippen LogP contribution is 2.46. The first-order valence-corrected chi connectivity index (χ1v) is 24.4. The number of imidazole rings is 1. The van der Waals surface area contributed by atoms with E-state index in [4.69, 9.17) is 9.97 Å². The quantitative estimate of drug-likeness (QED) is 0.149. The van der Waals surface area contributed by atoms with Crippen molar-refractivity contribution in [1.82, 2.24) is 14.5 Å². The van der Waals surface area contributed by atoms with E-state index in [1.54, 1.807) is 0 Å². The smallest absolute Gasteiger partial charge is 0.149 e. The lowest BCUT2D eigenvalue weighted by molar-refractivity contribution is 0.477. The Bertz CT molecular complexity index is 3680. The standard InChI is InChI=1S/C67H55N3O/c1-66(2,3)55-43-58(48-25-14-8-15-26-48)64(71)59(44-55)65-69-63-57(30-20-32-62(63)70(65)61-31-19-18-29-56(61)47-23-12-7-13-24-47)51-39-50(45-21-10-6-11-22-45)40-52(41-51)60-42-49(37-38-68-60)46-33-35-54(36-34-46)67(4,5)53-27-16-9-17-28-53/h6-44,71H,1-5H3. The van der Waals surface area contributed by atoms with E-state index in [9.17, 15) is 5.11 Å². The van der Waals surface area contributed by atoms with E-state index in [2.05, 4.69) is 245 Å². The van der Waals surface area contributed by atoms with Gasteiger partial charge < -0.3 is 5.11 Å². The van der Waals surface area contributed by atoms with Gasteiger partial charge in [0.05, 0.1) is 28.0 Å². The van der Waals surface area contributed by atoms with Crippen LogP contribution in [-0.2, 0) is 10.8 Å². The number of fused-ring (bicyclic) bond motifs is 1. The number of hydrogen-bond donors (Lipinski definition) is 1. The van der Waals surface area contributed by atoms with E-state index in [0.29, 0.717) is 11.4 Å². The van der Waals surface area contributed by atoms with Crippen molar-refractivity contribution in [3.63, 3.8) is 0 Å². The number of phenolic OH excluding ortho intramolecular Hbond substituents is 1. The van der Waals surface area contributed by atoms with Gasteiger partial charge in [0, 0.05) is 33.9 Å². The topological polar surface area (TPSA) is 50.9 Å². The average Bonchev–Trinajstić information content (AvgIpc) is 3.81. The minimum absolute atomic E-state index is 0.135. The summed E-state index contributed by atoms with van der Waals surface area (Å²) < 4.78 is 2.25. The molecule has 0 unspecified atom stereocenters. The first-order valence-electron chi connectivity index (χ1n) is 24.4. The Balaban J connectivity index is 1.11. The number of pyridine rings is 1. The normalized spacial score (nSPS) is 11.8. The summed E-state index contributed by atoms with van der Waals surface area (Å²) in [6, 6.07) is 81.2. The lowest BCUT2D eigenvalue weighted by Gasteiger charge is -2.26. The molecule has 0 aliphatic rings. The summed E-state index contributed by atoms with van der Waals surface area (Å²) in [5, 5.41) is 12.6. The molecule has 0 fully saturated rings. The second-order valence-corrected chi connectivity index (χ2v) is 20.0. The maximum Gasteiger partial charge on any atom is 0.149 e. The number of benzene rings is 9. The molecule has 0 amide bonds. The van der Waals surface area contributed by atoms with Crippen molar-refractivity contribution in [3.8, 4) is 89.7 Å². The van der Waals surface area contributed by atoms with E-state index in [1.165, 1.54) is 11.1 Å². The highest BCUT2D eigenvalue weighted by molar-refractivity contribution is 5.99. The van der Waals surface area contributed by atoms with Crippen molar-refractivity contribution >= 4 is 11.0 Å². The van der Waals surface area contributed by atoms with E-state index >= 15 is 0 Å². The minimum Gasteiger partial charge on any atom is -0.507 e. The molecule has 0 aliphatic heterocycles. The van der Waals surface area contributed by atoms with E-state index in [0.717, 1.165) is 89.2 Å². The van der Waals surface area contributed by atoms with Crippen LogP contribution in [0.5, 0.6) is 5.75 Å². The van der Waals surface area contributed by atoms with Crippen LogP contribution in [0.1, 0.15) is 51.3 Å². The van der Waals surface area contributed by atoms with Gasteiger partial charge in [-0.1, -0.05) is 211 Å². The lowest BCUT2D eigenvalue weighted by Crippen LogP contribution is -2.18. The zero-order valence-electron chi connectivity index (χ0n) is 40.8. The van der Waals surface area contributed by atoms with Crippen LogP contribution in [-0.4, -0.2) is 19.6 Å². The maximum absolute atomic E-state index is 12.6. The lowest BCUT2D eigenvalue weighted by atomic mass is 9.78. The molecule has 0 spiro atoms. The monoisotopic (exact) mass is 917 g/mol. The summed E-state index contributed by atoms with van der Waals surface area (Å²) in [4.78, 5) is 10.7. The maximum atomic E-state index is 12.6. The molecule has 0 aliphatic carbocycles. The molecule has 9 aromatic carbocycles. The van der Waals surface area contributed by atoms with Crippen molar-refractivity contribution in [1.29, 1.82) is 0 Å². The minimum atomic E-state index is -0.224. The fourth-order valence-electron chi connectivity index (χ4n) is 9.96. The Morgan fingerprint density at radius 3 is 1.59 bits per heavy atom. The summed E-state index contributed by atoms with van der Waals surface area (Å²) in [5.41, 5.74) is 18.8. The van der Waals surface area contributed by atoms with Crippen LogP contribution >= 0.6 is 0 Å². The third kappa shape index (κ3) is 8.63. The van der Waals surface area contributed by atoms with Crippen molar-refractivity contribution in [2.45, 2.75) is 45.4 Å². The Labute approximate surface area is 417 Å². The summed E-state index contributed by atoms with van der Waals surface area (Å²) in [7, 11) is 0. The average molecular weight is 918 g/mol. The zero-order valence-corrected chi connectivity index (χ0v) is 40.8. The predicted octanol–water partition coefficient (Wildman–Crippen LogP) is 17.4. The SMILES string of the molecule is CC(C)(C)c1cc(-c2ccccc2)c(O)c(-c2nc3c(-c4cc(-c5ccccc5)cc(-c5cc(-c6ccc(C(C)(C)c7ccccc7)cc6)ccn5)c4)cccc3n2-c2ccccc2-c2ccccc2)c1. The molecule has 4 heteroatoms. The number of hydrogen-bond acceptors (Lipinski definition) is 3. The van der Waals surface area contributed by atoms with Gasteiger partial charge in [0.15, 0.2) is 0 Å². The van der Waals surface area contributed by atoms with Gasteiger partial charge in [0.1, 0.15) is 11.6 Å². The van der Waals surface area contributed by atoms with Crippen LogP contribution in [0.3, 0.4) is 0 Å². The van der Waals surface area contributed by atoms with E-state index in [1.807, 2.05) is 30.5 Å². The second kappa shape index (κ2) is 18.4. The molecule has 71 heavy (non-hydrogen) atoms. The van der Waals surface area contributed by atoms with Gasteiger partial charge in [-0.25, -0.2) is 4.98 Å². The van der Waals surface area contributed by atoms with Gasteiger partial charge in [-0.2, -0.15) is 0 Å². The molecule has 1 N–H and O–H groups in total. The zero-order chi connectivity index (χ0) is 48.7. The number of para-hydroxylation sites is 2. The number of phenols is 1. The third-order valence-electron chi connectivity index (χ3n) is 14.1. The molecule has 0 saturated heterocycles. The number of rotatable bonds is 10. The van der Waals surface area contributed by atoms with Gasteiger partial charge in [-0.3, -0.25) is 9.55 Å². The van der Waals surface area contributed by atoms with Gasteiger partial charge in [0.25, 0.3) is 0 Å². The summed E-state index contributed by atoms with van der Waals surface area (Å²) in [6.45, 7) is 11.2. The second-order valence-electron chi connectivity index (χ2n) is 20.0. The first kappa shape index (κ1) is 44.9. The molecule has 0 saturated carbocycles. The van der Waals surface area contributed by atoms with Gasteiger partial charge in [0.2, 0.25) is 0 Å². The van der Waals surface area contributed by atoms with Crippen LogP contribution in [0.2, 0.25) is 0 Å². The van der Waals surface area contributed by atoms with Gasteiger partial charge in [-0.05, 0) is 116 Å². The van der Waals surface area contributed by atoms with Crippen LogP contribution in [0.15, 0.2) is 237 Å². The molecule has 344 valence electrons. The summed E-state index contributed by atoms with van der Waals surface area (Å²) >= 11 is 0. The number of aromatic hydroxyl groups is 1. The van der Waals surface area contributed by atoms with Crippen molar-refractivity contribution in [2.75, 3.05) is 0 Å². The van der Waals surface area contributed by atoms with Crippen molar-refractivity contribution in [2.24, 2.45) is 0 Å². The van der Waals surface area contributed by atoms with E-state index < -0.39 is 0 Å². The van der Waals surface area contributed by atoms with Gasteiger partial charge in [-0.15, -0.1) is 0 Å². The van der Waals surface area contributed by atoms with Crippen LogP contribution in [0.4, 0.5) is 0 Å². The van der Waals surface area contributed by atoms with Crippen molar-refractivity contribution in [3.05, 3.63) is 253 Å². The number of nitrogens with zero attached hydrogens (tertiary/aromatic N) is 3. The predicted molar refractivity (Wildman–Crippen MR) is 296 cm³/mol. The van der Waals surface area contributed by atoms with Gasteiger partial charge >= 0.3 is 0 Å². The Kier molecular flexibility index (Phi) is 11.6. The summed E-state index contributed by atoms with van der Waals surface area (Å²) in [6.07, 6.45) is 1.92.